The van der Waals surface area contributed by atoms with Crippen molar-refractivity contribution >= 4 is 23.5 Å². The smallest absolute Gasteiger partial charge is 0.340 e. The van der Waals surface area contributed by atoms with Gasteiger partial charge in [-0.05, 0) is 31.9 Å². The molecule has 22 heavy (non-hydrogen) atoms. The Hall–Kier alpha value is -1.69. The second-order valence-electron chi connectivity index (χ2n) is 5.28. The first-order valence-corrected chi connectivity index (χ1v) is 7.42. The van der Waals surface area contributed by atoms with Crippen molar-refractivity contribution in [3.8, 4) is 0 Å². The van der Waals surface area contributed by atoms with Gasteiger partial charge in [0.2, 0.25) is 0 Å². The Labute approximate surface area is 131 Å². The van der Waals surface area contributed by atoms with E-state index in [0.29, 0.717) is 12.1 Å². The van der Waals surface area contributed by atoms with Gasteiger partial charge in [-0.3, -0.25) is 4.79 Å². The summed E-state index contributed by atoms with van der Waals surface area (Å²) in [5.41, 5.74) is -0.318. The number of amides is 1. The molecule has 1 aliphatic rings. The summed E-state index contributed by atoms with van der Waals surface area (Å²) >= 11 is 5.69. The summed E-state index contributed by atoms with van der Waals surface area (Å²) in [5, 5.41) is 2.52. The zero-order chi connectivity index (χ0) is 16.3. The second-order valence-corrected chi connectivity index (χ2v) is 5.69. The van der Waals surface area contributed by atoms with Crippen LogP contribution in [0.3, 0.4) is 0 Å². The summed E-state index contributed by atoms with van der Waals surface area (Å²) < 4.78 is 31.1. The maximum absolute atomic E-state index is 13.2. The lowest BCUT2D eigenvalue weighted by atomic mass is 10.2. The van der Waals surface area contributed by atoms with E-state index in [1.165, 1.54) is 6.92 Å². The molecule has 0 radical (unpaired) electrons. The van der Waals surface area contributed by atoms with Crippen LogP contribution in [-0.2, 0) is 9.53 Å². The SMILES string of the molecule is CC(OC(=O)c1cc(F)c(F)cc1Cl)C(=O)NC1CCCC1. The molecule has 1 amide bonds. The van der Waals surface area contributed by atoms with Crippen molar-refractivity contribution in [3.63, 3.8) is 0 Å². The number of rotatable bonds is 4. The van der Waals surface area contributed by atoms with Crippen molar-refractivity contribution in [1.82, 2.24) is 5.32 Å². The molecule has 0 aromatic heterocycles. The minimum atomic E-state index is -1.21. The predicted octanol–water partition coefficient (Wildman–Crippen LogP) is 3.22. The maximum atomic E-state index is 13.2. The van der Waals surface area contributed by atoms with Gasteiger partial charge in [-0.2, -0.15) is 0 Å². The van der Waals surface area contributed by atoms with Crippen LogP contribution in [0.2, 0.25) is 5.02 Å². The molecule has 1 unspecified atom stereocenters. The van der Waals surface area contributed by atoms with Crippen LogP contribution in [0.25, 0.3) is 0 Å². The predicted molar refractivity (Wildman–Crippen MR) is 76.6 cm³/mol. The Balaban J connectivity index is 1.98. The number of hydrogen-bond acceptors (Lipinski definition) is 3. The molecule has 4 nitrogen and oxygen atoms in total. The molecule has 0 saturated heterocycles. The fourth-order valence-electron chi connectivity index (χ4n) is 2.35. The van der Waals surface area contributed by atoms with Gasteiger partial charge < -0.3 is 10.1 Å². The highest BCUT2D eigenvalue weighted by Gasteiger charge is 2.25. The number of ether oxygens (including phenoxy) is 1. The summed E-state index contributed by atoms with van der Waals surface area (Å²) in [6, 6.07) is 1.44. The van der Waals surface area contributed by atoms with E-state index < -0.39 is 29.6 Å². The molecule has 0 spiro atoms. The second kappa shape index (κ2) is 7.05. The van der Waals surface area contributed by atoms with Crippen molar-refractivity contribution in [3.05, 3.63) is 34.4 Å². The average Bonchev–Trinajstić information content (AvgIpc) is 2.95. The van der Waals surface area contributed by atoms with Crippen molar-refractivity contribution in [2.45, 2.75) is 44.8 Å². The first-order chi connectivity index (χ1) is 10.4. The van der Waals surface area contributed by atoms with Gasteiger partial charge in [-0.1, -0.05) is 24.4 Å². The zero-order valence-electron chi connectivity index (χ0n) is 12.0. The van der Waals surface area contributed by atoms with E-state index in [-0.39, 0.29) is 16.6 Å². The molecule has 0 heterocycles. The minimum Gasteiger partial charge on any atom is -0.449 e. The van der Waals surface area contributed by atoms with Crippen molar-refractivity contribution in [1.29, 1.82) is 0 Å². The maximum Gasteiger partial charge on any atom is 0.340 e. The molecule has 1 aliphatic carbocycles. The van der Waals surface area contributed by atoms with Crippen LogP contribution in [0.15, 0.2) is 12.1 Å². The molecule has 0 aliphatic heterocycles. The average molecular weight is 332 g/mol. The molecule has 1 aromatic carbocycles. The normalized spacial score (nSPS) is 16.4. The molecule has 1 saturated carbocycles. The van der Waals surface area contributed by atoms with Gasteiger partial charge in [0.15, 0.2) is 17.7 Å². The number of benzene rings is 1. The Morgan fingerprint density at radius 3 is 2.50 bits per heavy atom. The Bertz CT molecular complexity index is 588. The zero-order valence-corrected chi connectivity index (χ0v) is 12.8. The molecule has 0 bridgehead atoms. The Morgan fingerprint density at radius 2 is 1.86 bits per heavy atom. The van der Waals surface area contributed by atoms with E-state index in [9.17, 15) is 18.4 Å². The highest BCUT2D eigenvalue weighted by atomic mass is 35.5. The van der Waals surface area contributed by atoms with Gasteiger partial charge in [0.25, 0.3) is 5.91 Å². The van der Waals surface area contributed by atoms with Crippen LogP contribution in [-0.4, -0.2) is 24.0 Å². The van der Waals surface area contributed by atoms with Crippen LogP contribution in [0.1, 0.15) is 43.0 Å². The largest absolute Gasteiger partial charge is 0.449 e. The highest BCUT2D eigenvalue weighted by molar-refractivity contribution is 6.33. The molecule has 2 rings (SSSR count). The molecule has 1 fully saturated rings. The Morgan fingerprint density at radius 1 is 1.27 bits per heavy atom. The number of halogens is 3. The Kier molecular flexibility index (Phi) is 5.34. The lowest BCUT2D eigenvalue weighted by Crippen LogP contribution is -2.40. The van der Waals surface area contributed by atoms with Gasteiger partial charge in [0, 0.05) is 6.04 Å². The lowest BCUT2D eigenvalue weighted by molar-refractivity contribution is -0.129. The molecule has 1 atom stereocenters. The molecular weight excluding hydrogens is 316 g/mol. The van der Waals surface area contributed by atoms with E-state index in [4.69, 9.17) is 16.3 Å². The van der Waals surface area contributed by atoms with E-state index in [2.05, 4.69) is 5.32 Å². The third kappa shape index (κ3) is 3.94. The van der Waals surface area contributed by atoms with Gasteiger partial charge in [0.1, 0.15) is 0 Å². The number of esters is 1. The summed E-state index contributed by atoms with van der Waals surface area (Å²) in [7, 11) is 0. The third-order valence-electron chi connectivity index (χ3n) is 3.58. The number of carbonyl (C=O) groups excluding carboxylic acids is 2. The minimum absolute atomic E-state index is 0.0977. The van der Waals surface area contributed by atoms with Gasteiger partial charge in [0.05, 0.1) is 10.6 Å². The number of nitrogens with one attached hydrogen (secondary N) is 1. The van der Waals surface area contributed by atoms with Gasteiger partial charge in [-0.25, -0.2) is 13.6 Å². The van der Waals surface area contributed by atoms with Crippen LogP contribution in [0, 0.1) is 11.6 Å². The molecule has 1 N–H and O–H groups in total. The fourth-order valence-corrected chi connectivity index (χ4v) is 2.57. The lowest BCUT2D eigenvalue weighted by Gasteiger charge is -2.17. The number of carbonyl (C=O) groups is 2. The van der Waals surface area contributed by atoms with E-state index >= 15 is 0 Å². The van der Waals surface area contributed by atoms with Crippen molar-refractivity contribution < 1.29 is 23.1 Å². The van der Waals surface area contributed by atoms with Gasteiger partial charge in [-0.15, -0.1) is 0 Å². The van der Waals surface area contributed by atoms with E-state index in [0.717, 1.165) is 25.7 Å². The van der Waals surface area contributed by atoms with Gasteiger partial charge >= 0.3 is 5.97 Å². The van der Waals surface area contributed by atoms with Crippen molar-refractivity contribution in [2.24, 2.45) is 0 Å². The molecule has 7 heteroatoms. The first kappa shape index (κ1) is 16.7. The first-order valence-electron chi connectivity index (χ1n) is 7.04. The van der Waals surface area contributed by atoms with Crippen LogP contribution in [0.4, 0.5) is 8.78 Å². The monoisotopic (exact) mass is 331 g/mol. The molecular formula is C15H16ClF2NO3. The van der Waals surface area contributed by atoms with Crippen LogP contribution >= 0.6 is 11.6 Å². The summed E-state index contributed by atoms with van der Waals surface area (Å²) in [6.07, 6.45) is 2.88. The summed E-state index contributed by atoms with van der Waals surface area (Å²) in [4.78, 5) is 23.8. The summed E-state index contributed by atoms with van der Waals surface area (Å²) in [6.45, 7) is 1.41. The third-order valence-corrected chi connectivity index (χ3v) is 3.90. The fraction of sp³-hybridized carbons (Fsp3) is 0.467. The quantitative estimate of drug-likeness (QED) is 0.681. The standard InChI is InChI=1S/C15H16ClF2NO3/c1-8(14(20)19-9-4-2-3-5-9)22-15(21)10-6-12(17)13(18)7-11(10)16/h6-9H,2-5H2,1H3,(H,19,20). The number of hydrogen-bond donors (Lipinski definition) is 1. The van der Waals surface area contributed by atoms with Crippen LogP contribution in [0.5, 0.6) is 0 Å². The molecule has 120 valence electrons. The topological polar surface area (TPSA) is 55.4 Å². The molecule has 1 aromatic rings. The van der Waals surface area contributed by atoms with E-state index in [1.807, 2.05) is 0 Å². The van der Waals surface area contributed by atoms with E-state index in [1.54, 1.807) is 0 Å². The van der Waals surface area contributed by atoms with Crippen molar-refractivity contribution in [2.75, 3.05) is 0 Å². The summed E-state index contributed by atoms with van der Waals surface area (Å²) in [5.74, 6) is -3.76. The highest BCUT2D eigenvalue weighted by Crippen LogP contribution is 2.22. The van der Waals surface area contributed by atoms with Crippen LogP contribution < -0.4 is 5.32 Å².